The number of aryl methyl sites for hydroxylation is 2. The summed E-state index contributed by atoms with van der Waals surface area (Å²) in [6.07, 6.45) is 1.84. The number of rotatable bonds is 0. The molecule has 2 aromatic rings. The van der Waals surface area contributed by atoms with E-state index in [1.54, 1.807) is 0 Å². The average molecular weight is 174 g/mol. The van der Waals surface area contributed by atoms with Crippen LogP contribution in [0.15, 0.2) is 37.7 Å². The van der Waals surface area contributed by atoms with Gasteiger partial charge in [-0.15, -0.1) is 13.2 Å². The van der Waals surface area contributed by atoms with Crippen molar-refractivity contribution in [1.82, 2.24) is 9.55 Å². The van der Waals surface area contributed by atoms with Crippen molar-refractivity contribution < 1.29 is 0 Å². The zero-order valence-electron chi connectivity index (χ0n) is 8.12. The summed E-state index contributed by atoms with van der Waals surface area (Å²) in [7, 11) is 2.00. The molecule has 1 aromatic heterocycles. The molecule has 0 spiro atoms. The summed E-state index contributed by atoms with van der Waals surface area (Å²) >= 11 is 0. The third kappa shape index (κ3) is 1.78. The van der Waals surface area contributed by atoms with E-state index < -0.39 is 0 Å². The molecule has 0 radical (unpaired) electrons. The normalized spacial score (nSPS) is 9.38. The van der Waals surface area contributed by atoms with Crippen LogP contribution in [0.2, 0.25) is 0 Å². The third-order valence-electron chi connectivity index (χ3n) is 1.88. The van der Waals surface area contributed by atoms with E-state index in [1.165, 1.54) is 11.1 Å². The van der Waals surface area contributed by atoms with Gasteiger partial charge in [0.1, 0.15) is 0 Å². The van der Waals surface area contributed by atoms with Crippen molar-refractivity contribution in [2.45, 2.75) is 6.92 Å². The monoisotopic (exact) mass is 174 g/mol. The van der Waals surface area contributed by atoms with Crippen molar-refractivity contribution in [3.05, 3.63) is 43.2 Å². The minimum atomic E-state index is 1.08. The molecular formula is C11H14N2. The summed E-state index contributed by atoms with van der Waals surface area (Å²) in [4.78, 5) is 4.24. The van der Waals surface area contributed by atoms with Crippen LogP contribution in [0.4, 0.5) is 0 Å². The van der Waals surface area contributed by atoms with Crippen molar-refractivity contribution in [1.29, 1.82) is 0 Å². The van der Waals surface area contributed by atoms with Crippen LogP contribution in [0, 0.1) is 6.92 Å². The van der Waals surface area contributed by atoms with E-state index in [4.69, 9.17) is 0 Å². The van der Waals surface area contributed by atoms with Crippen LogP contribution in [0.1, 0.15) is 5.56 Å². The summed E-state index contributed by atoms with van der Waals surface area (Å²) < 4.78 is 2.02. The molecule has 0 amide bonds. The van der Waals surface area contributed by atoms with Crippen LogP contribution in [-0.2, 0) is 7.05 Å². The lowest BCUT2D eigenvalue weighted by atomic mass is 10.2. The molecule has 0 aliphatic rings. The van der Waals surface area contributed by atoms with Crippen LogP contribution in [0.3, 0.4) is 0 Å². The van der Waals surface area contributed by atoms with Gasteiger partial charge in [-0.3, -0.25) is 0 Å². The van der Waals surface area contributed by atoms with Gasteiger partial charge in [-0.1, -0.05) is 6.07 Å². The lowest BCUT2D eigenvalue weighted by Gasteiger charge is -1.93. The number of hydrogen-bond acceptors (Lipinski definition) is 1. The summed E-state index contributed by atoms with van der Waals surface area (Å²) in [5, 5.41) is 0. The minimum Gasteiger partial charge on any atom is -0.334 e. The molecule has 0 aliphatic heterocycles. The van der Waals surface area contributed by atoms with Gasteiger partial charge in [-0.25, -0.2) is 4.98 Å². The average Bonchev–Trinajstić information content (AvgIpc) is 2.51. The predicted molar refractivity (Wildman–Crippen MR) is 56.7 cm³/mol. The number of aromatic nitrogens is 2. The second-order valence-electron chi connectivity index (χ2n) is 2.85. The second-order valence-corrected chi connectivity index (χ2v) is 2.85. The fourth-order valence-electron chi connectivity index (χ4n) is 1.25. The van der Waals surface area contributed by atoms with Gasteiger partial charge in [0.2, 0.25) is 0 Å². The van der Waals surface area contributed by atoms with Crippen molar-refractivity contribution in [3.63, 3.8) is 0 Å². The molecule has 1 aromatic carbocycles. The van der Waals surface area contributed by atoms with Gasteiger partial charge in [0.15, 0.2) is 0 Å². The Morgan fingerprint density at radius 3 is 2.69 bits per heavy atom. The number of imidazole rings is 1. The smallest absolute Gasteiger partial charge is 0.0955 e. The molecule has 0 bridgehead atoms. The SMILES string of the molecule is C=C.Cc1ccc2c(c1)ncn2C. The van der Waals surface area contributed by atoms with E-state index in [0.717, 1.165) is 5.52 Å². The quantitative estimate of drug-likeness (QED) is 0.561. The zero-order chi connectivity index (χ0) is 9.84. The van der Waals surface area contributed by atoms with Crippen LogP contribution in [0.5, 0.6) is 0 Å². The molecule has 0 fully saturated rings. The molecule has 0 atom stereocenters. The first-order valence-electron chi connectivity index (χ1n) is 4.15. The zero-order valence-corrected chi connectivity index (χ0v) is 8.12. The fraction of sp³-hybridized carbons (Fsp3) is 0.182. The van der Waals surface area contributed by atoms with E-state index in [9.17, 15) is 0 Å². The molecule has 13 heavy (non-hydrogen) atoms. The number of hydrogen-bond donors (Lipinski definition) is 0. The fourth-order valence-corrected chi connectivity index (χ4v) is 1.25. The van der Waals surface area contributed by atoms with E-state index in [0.29, 0.717) is 0 Å². The Labute approximate surface area is 78.5 Å². The van der Waals surface area contributed by atoms with Crippen molar-refractivity contribution in [2.75, 3.05) is 0 Å². The largest absolute Gasteiger partial charge is 0.334 e. The minimum absolute atomic E-state index is 1.08. The highest BCUT2D eigenvalue weighted by atomic mass is 15.0. The first-order valence-corrected chi connectivity index (χ1v) is 4.15. The van der Waals surface area contributed by atoms with Gasteiger partial charge in [0.25, 0.3) is 0 Å². The molecule has 0 aliphatic carbocycles. The van der Waals surface area contributed by atoms with E-state index in [-0.39, 0.29) is 0 Å². The molecule has 0 saturated carbocycles. The van der Waals surface area contributed by atoms with Crippen molar-refractivity contribution >= 4 is 11.0 Å². The Morgan fingerprint density at radius 1 is 1.31 bits per heavy atom. The molecule has 0 unspecified atom stereocenters. The Hall–Kier alpha value is -1.57. The van der Waals surface area contributed by atoms with Crippen LogP contribution >= 0.6 is 0 Å². The Balaban J connectivity index is 0.000000396. The van der Waals surface area contributed by atoms with Crippen LogP contribution < -0.4 is 0 Å². The topological polar surface area (TPSA) is 17.8 Å². The van der Waals surface area contributed by atoms with E-state index in [1.807, 2.05) is 17.9 Å². The predicted octanol–water partition coefficient (Wildman–Crippen LogP) is 2.68. The Morgan fingerprint density at radius 2 is 2.00 bits per heavy atom. The van der Waals surface area contributed by atoms with Crippen LogP contribution in [0.25, 0.3) is 11.0 Å². The summed E-state index contributed by atoms with van der Waals surface area (Å²) in [6.45, 7) is 8.08. The number of benzene rings is 1. The molecule has 2 rings (SSSR count). The highest BCUT2D eigenvalue weighted by Crippen LogP contribution is 2.12. The van der Waals surface area contributed by atoms with Gasteiger partial charge in [0.05, 0.1) is 17.4 Å². The molecule has 68 valence electrons. The number of nitrogens with zero attached hydrogens (tertiary/aromatic N) is 2. The van der Waals surface area contributed by atoms with Gasteiger partial charge >= 0.3 is 0 Å². The first-order chi connectivity index (χ1) is 6.27. The second kappa shape index (κ2) is 3.90. The maximum absolute atomic E-state index is 4.24. The molecule has 0 N–H and O–H groups in total. The van der Waals surface area contributed by atoms with Gasteiger partial charge < -0.3 is 4.57 Å². The first kappa shape index (κ1) is 9.52. The van der Waals surface area contributed by atoms with Gasteiger partial charge in [0, 0.05) is 7.05 Å². The standard InChI is InChI=1S/C9H10N2.C2H4/c1-7-3-4-9-8(5-7)10-6-11(9)2;1-2/h3-6H,1-2H3;1-2H2. The summed E-state index contributed by atoms with van der Waals surface area (Å²) in [6, 6.07) is 6.29. The highest BCUT2D eigenvalue weighted by Gasteiger charge is 1.96. The molecule has 2 heteroatoms. The Bertz CT molecular complexity index is 401. The Kier molecular flexibility index (Phi) is 2.85. The van der Waals surface area contributed by atoms with E-state index in [2.05, 4.69) is 43.3 Å². The maximum atomic E-state index is 4.24. The lowest BCUT2D eigenvalue weighted by molar-refractivity contribution is 0.947. The van der Waals surface area contributed by atoms with Gasteiger partial charge in [-0.05, 0) is 24.6 Å². The molecule has 0 saturated heterocycles. The molecule has 2 nitrogen and oxygen atoms in total. The summed E-state index contributed by atoms with van der Waals surface area (Å²) in [5.41, 5.74) is 3.53. The molecule has 1 heterocycles. The lowest BCUT2D eigenvalue weighted by Crippen LogP contribution is -1.82. The third-order valence-corrected chi connectivity index (χ3v) is 1.88. The van der Waals surface area contributed by atoms with Gasteiger partial charge in [-0.2, -0.15) is 0 Å². The summed E-state index contributed by atoms with van der Waals surface area (Å²) in [5.74, 6) is 0. The highest BCUT2D eigenvalue weighted by molar-refractivity contribution is 5.75. The molecular weight excluding hydrogens is 160 g/mol. The van der Waals surface area contributed by atoms with Crippen molar-refractivity contribution in [2.24, 2.45) is 7.05 Å². The maximum Gasteiger partial charge on any atom is 0.0955 e. The van der Waals surface area contributed by atoms with Crippen LogP contribution in [-0.4, -0.2) is 9.55 Å². The van der Waals surface area contributed by atoms with Crippen molar-refractivity contribution in [3.8, 4) is 0 Å². The van der Waals surface area contributed by atoms with E-state index >= 15 is 0 Å². The number of fused-ring (bicyclic) bond motifs is 1.